The van der Waals surface area contributed by atoms with Crippen molar-refractivity contribution < 1.29 is 5.11 Å². The summed E-state index contributed by atoms with van der Waals surface area (Å²) in [6, 6.07) is 5.05. The maximum absolute atomic E-state index is 10.3. The van der Waals surface area contributed by atoms with Gasteiger partial charge in [-0.2, -0.15) is 0 Å². The highest BCUT2D eigenvalue weighted by molar-refractivity contribution is 6.35. The number of hydrogen-bond acceptors (Lipinski definition) is 2. The lowest BCUT2D eigenvalue weighted by Crippen LogP contribution is -2.10. The number of aromatic nitrogens is 2. The van der Waals surface area contributed by atoms with Gasteiger partial charge >= 0.3 is 0 Å². The number of rotatable bonds is 4. The molecule has 0 saturated heterocycles. The Morgan fingerprint density at radius 3 is 2.83 bits per heavy atom. The molecule has 1 heterocycles. The van der Waals surface area contributed by atoms with Crippen LogP contribution in [0, 0.1) is 0 Å². The third kappa shape index (κ3) is 2.69. The van der Waals surface area contributed by atoms with E-state index in [1.54, 1.807) is 24.4 Å². The Morgan fingerprint density at radius 2 is 2.17 bits per heavy atom. The Kier molecular flexibility index (Phi) is 4.27. The zero-order valence-electron chi connectivity index (χ0n) is 9.98. The minimum atomic E-state index is -0.837. The maximum Gasteiger partial charge on any atom is 0.142 e. The van der Waals surface area contributed by atoms with Crippen molar-refractivity contribution in [1.82, 2.24) is 9.55 Å². The first-order valence-electron chi connectivity index (χ1n) is 5.77. The second-order valence-corrected chi connectivity index (χ2v) is 4.89. The van der Waals surface area contributed by atoms with Crippen molar-refractivity contribution >= 4 is 23.2 Å². The summed E-state index contributed by atoms with van der Waals surface area (Å²) in [4.78, 5) is 4.20. The molecule has 0 amide bonds. The van der Waals surface area contributed by atoms with E-state index in [2.05, 4.69) is 11.9 Å². The average molecular weight is 285 g/mol. The second kappa shape index (κ2) is 5.74. The van der Waals surface area contributed by atoms with E-state index >= 15 is 0 Å². The lowest BCUT2D eigenvalue weighted by atomic mass is 10.1. The minimum absolute atomic E-state index is 0.445. The van der Waals surface area contributed by atoms with Crippen LogP contribution in [0.3, 0.4) is 0 Å². The Bertz CT molecular complexity index is 540. The van der Waals surface area contributed by atoms with Gasteiger partial charge in [-0.15, -0.1) is 0 Å². The molecule has 0 aliphatic carbocycles. The molecule has 0 radical (unpaired) electrons. The number of halogens is 2. The fourth-order valence-corrected chi connectivity index (χ4v) is 2.37. The Labute approximate surface area is 116 Å². The molecule has 1 aromatic heterocycles. The van der Waals surface area contributed by atoms with Crippen LogP contribution in [0.25, 0.3) is 0 Å². The van der Waals surface area contributed by atoms with Crippen LogP contribution in [0.2, 0.25) is 10.0 Å². The van der Waals surface area contributed by atoms with E-state index in [9.17, 15) is 5.11 Å². The molecule has 0 spiro atoms. The first-order valence-corrected chi connectivity index (χ1v) is 6.53. The van der Waals surface area contributed by atoms with Crippen LogP contribution in [0.1, 0.15) is 30.8 Å². The van der Waals surface area contributed by atoms with Crippen LogP contribution in [0.15, 0.2) is 30.6 Å². The quantitative estimate of drug-likeness (QED) is 0.930. The number of aliphatic hydroxyl groups excluding tert-OH is 1. The summed E-state index contributed by atoms with van der Waals surface area (Å²) in [5.74, 6) is 0.598. The smallest absolute Gasteiger partial charge is 0.142 e. The monoisotopic (exact) mass is 284 g/mol. The molecule has 1 aromatic carbocycles. The Hall–Kier alpha value is -1.03. The zero-order valence-corrected chi connectivity index (χ0v) is 11.5. The summed E-state index contributed by atoms with van der Waals surface area (Å²) in [7, 11) is 0. The van der Waals surface area contributed by atoms with E-state index in [-0.39, 0.29) is 0 Å². The van der Waals surface area contributed by atoms with E-state index in [1.807, 2.05) is 10.8 Å². The van der Waals surface area contributed by atoms with Crippen molar-refractivity contribution in [3.05, 3.63) is 52.0 Å². The largest absolute Gasteiger partial charge is 0.380 e. The lowest BCUT2D eigenvalue weighted by molar-refractivity contribution is 0.204. The molecular weight excluding hydrogens is 271 g/mol. The van der Waals surface area contributed by atoms with E-state index in [1.165, 1.54) is 0 Å². The van der Waals surface area contributed by atoms with Gasteiger partial charge in [0.05, 0.1) is 0 Å². The van der Waals surface area contributed by atoms with Crippen molar-refractivity contribution in [2.75, 3.05) is 0 Å². The van der Waals surface area contributed by atoms with E-state index in [0.717, 1.165) is 13.0 Å². The molecule has 1 unspecified atom stereocenters. The molecule has 3 nitrogen and oxygen atoms in total. The van der Waals surface area contributed by atoms with Gasteiger partial charge in [0.25, 0.3) is 0 Å². The number of aliphatic hydroxyl groups is 1. The number of hydrogen-bond donors (Lipinski definition) is 1. The predicted octanol–water partition coefficient (Wildman–Crippen LogP) is 3.68. The Morgan fingerprint density at radius 1 is 1.39 bits per heavy atom. The first kappa shape index (κ1) is 13.4. The van der Waals surface area contributed by atoms with Crippen molar-refractivity contribution in [2.45, 2.75) is 26.0 Å². The normalized spacial score (nSPS) is 12.7. The summed E-state index contributed by atoms with van der Waals surface area (Å²) in [5, 5.41) is 11.3. The van der Waals surface area contributed by atoms with Gasteiger partial charge in [-0.05, 0) is 18.6 Å². The third-order valence-electron chi connectivity index (χ3n) is 2.71. The topological polar surface area (TPSA) is 38.0 Å². The molecule has 0 fully saturated rings. The van der Waals surface area contributed by atoms with Gasteiger partial charge < -0.3 is 9.67 Å². The standard InChI is InChI=1S/C13H14Cl2N2O/c1-2-6-17-7-5-16-13(17)12(18)10-4-3-9(14)8-11(10)15/h3-5,7-8,12,18H,2,6H2,1H3. The Balaban J connectivity index is 2.35. The molecule has 2 aromatic rings. The molecule has 96 valence electrons. The molecule has 0 aliphatic heterocycles. The van der Waals surface area contributed by atoms with E-state index in [0.29, 0.717) is 21.4 Å². The molecule has 0 saturated carbocycles. The fraction of sp³-hybridized carbons (Fsp3) is 0.308. The molecule has 18 heavy (non-hydrogen) atoms. The summed E-state index contributed by atoms with van der Waals surface area (Å²) in [6.07, 6.45) is 3.67. The summed E-state index contributed by atoms with van der Waals surface area (Å²) in [5.41, 5.74) is 0.615. The third-order valence-corrected chi connectivity index (χ3v) is 3.28. The summed E-state index contributed by atoms with van der Waals surface area (Å²) >= 11 is 11.9. The molecular formula is C13H14Cl2N2O. The van der Waals surface area contributed by atoms with Gasteiger partial charge in [0.15, 0.2) is 0 Å². The molecule has 0 bridgehead atoms. The second-order valence-electron chi connectivity index (χ2n) is 4.05. The van der Waals surface area contributed by atoms with Crippen LogP contribution < -0.4 is 0 Å². The molecule has 5 heteroatoms. The van der Waals surface area contributed by atoms with Gasteiger partial charge in [-0.1, -0.05) is 36.2 Å². The zero-order chi connectivity index (χ0) is 13.1. The van der Waals surface area contributed by atoms with Gasteiger partial charge in [0.1, 0.15) is 11.9 Å². The molecule has 1 N–H and O–H groups in total. The highest BCUT2D eigenvalue weighted by Gasteiger charge is 2.18. The van der Waals surface area contributed by atoms with E-state index < -0.39 is 6.10 Å². The number of imidazole rings is 1. The summed E-state index contributed by atoms with van der Waals surface area (Å²) < 4.78 is 1.93. The number of benzene rings is 1. The highest BCUT2D eigenvalue weighted by Crippen LogP contribution is 2.29. The molecule has 1 atom stereocenters. The van der Waals surface area contributed by atoms with Gasteiger partial charge in [-0.25, -0.2) is 4.98 Å². The van der Waals surface area contributed by atoms with Crippen LogP contribution in [-0.2, 0) is 6.54 Å². The summed E-state index contributed by atoms with van der Waals surface area (Å²) in [6.45, 7) is 2.89. The average Bonchev–Trinajstić information content (AvgIpc) is 2.77. The van der Waals surface area contributed by atoms with Crippen LogP contribution in [0.5, 0.6) is 0 Å². The minimum Gasteiger partial charge on any atom is -0.380 e. The molecule has 2 rings (SSSR count). The fourth-order valence-electron chi connectivity index (χ4n) is 1.86. The SMILES string of the molecule is CCCn1ccnc1C(O)c1ccc(Cl)cc1Cl. The lowest BCUT2D eigenvalue weighted by Gasteiger charge is -2.14. The maximum atomic E-state index is 10.3. The predicted molar refractivity (Wildman–Crippen MR) is 73.0 cm³/mol. The van der Waals surface area contributed by atoms with Crippen LogP contribution >= 0.6 is 23.2 Å². The van der Waals surface area contributed by atoms with Gasteiger partial charge in [-0.3, -0.25) is 0 Å². The van der Waals surface area contributed by atoms with Gasteiger partial charge in [0.2, 0.25) is 0 Å². The number of nitrogens with zero attached hydrogens (tertiary/aromatic N) is 2. The highest BCUT2D eigenvalue weighted by atomic mass is 35.5. The van der Waals surface area contributed by atoms with Crippen molar-refractivity contribution in [3.8, 4) is 0 Å². The van der Waals surface area contributed by atoms with Crippen LogP contribution in [-0.4, -0.2) is 14.7 Å². The van der Waals surface area contributed by atoms with Crippen molar-refractivity contribution in [1.29, 1.82) is 0 Å². The van der Waals surface area contributed by atoms with Crippen LogP contribution in [0.4, 0.5) is 0 Å². The number of aryl methyl sites for hydroxylation is 1. The molecule has 0 aliphatic rings. The van der Waals surface area contributed by atoms with Crippen molar-refractivity contribution in [2.24, 2.45) is 0 Å². The van der Waals surface area contributed by atoms with Gasteiger partial charge in [0, 0.05) is 34.5 Å². The van der Waals surface area contributed by atoms with Crippen molar-refractivity contribution in [3.63, 3.8) is 0 Å². The first-order chi connectivity index (χ1) is 8.63. The van der Waals surface area contributed by atoms with E-state index in [4.69, 9.17) is 23.2 Å².